The quantitative estimate of drug-likeness (QED) is 0.488. The number of rotatable bonds is 4. The number of ether oxygens (including phenoxy) is 1. The van der Waals surface area contributed by atoms with Crippen molar-refractivity contribution in [2.24, 2.45) is 0 Å². The zero-order valence-electron chi connectivity index (χ0n) is 12.7. The smallest absolute Gasteiger partial charge is 0.264 e. The van der Waals surface area contributed by atoms with Crippen molar-refractivity contribution in [2.45, 2.75) is 4.90 Å². The maximum absolute atomic E-state index is 12.9. The van der Waals surface area contributed by atoms with Gasteiger partial charge in [0.25, 0.3) is 10.0 Å². The van der Waals surface area contributed by atoms with E-state index in [-0.39, 0.29) is 4.90 Å². The molecule has 24 heavy (non-hydrogen) atoms. The number of H-pyrrole nitrogens is 1. The van der Waals surface area contributed by atoms with E-state index in [0.29, 0.717) is 17.0 Å². The normalized spacial score (nSPS) is 11.7. The van der Waals surface area contributed by atoms with Gasteiger partial charge in [-0.25, -0.2) is 8.42 Å². The summed E-state index contributed by atoms with van der Waals surface area (Å²) in [6.45, 7) is 0. The van der Waals surface area contributed by atoms with Crippen LogP contribution in [0.3, 0.4) is 0 Å². The van der Waals surface area contributed by atoms with E-state index in [4.69, 9.17) is 4.74 Å². The van der Waals surface area contributed by atoms with Gasteiger partial charge in [0.1, 0.15) is 15.0 Å². The third kappa shape index (κ3) is 2.96. The van der Waals surface area contributed by atoms with Crippen molar-refractivity contribution in [3.05, 3.63) is 43.7 Å². The molecule has 0 saturated carbocycles. The molecule has 0 saturated heterocycles. The molecule has 6 nitrogen and oxygen atoms in total. The summed E-state index contributed by atoms with van der Waals surface area (Å²) in [5, 5.41) is 8.11. The maximum Gasteiger partial charge on any atom is 0.264 e. The molecule has 0 aliphatic carbocycles. The van der Waals surface area contributed by atoms with Crippen LogP contribution in [-0.2, 0) is 10.0 Å². The standard InChI is InChI=1S/C15H13I2N3O3S/c1-20(24(21,22)10-5-3-9(23-2)4-6-10)12-8-7-11(16)13-14(12)18-19-15(13)17/h3-8H,1-2H3,(H,18,19). The molecule has 0 atom stereocenters. The summed E-state index contributed by atoms with van der Waals surface area (Å²) in [6.07, 6.45) is 0. The average Bonchev–Trinajstić information content (AvgIpc) is 2.97. The number of halogens is 2. The van der Waals surface area contributed by atoms with E-state index in [1.165, 1.54) is 30.6 Å². The Balaban J connectivity index is 2.10. The number of anilines is 1. The highest BCUT2D eigenvalue weighted by Gasteiger charge is 2.24. The zero-order valence-corrected chi connectivity index (χ0v) is 17.9. The molecule has 0 aliphatic heterocycles. The summed E-state index contributed by atoms with van der Waals surface area (Å²) >= 11 is 4.37. The fraction of sp³-hybridized carbons (Fsp3) is 0.133. The summed E-state index contributed by atoms with van der Waals surface area (Å²) < 4.78 is 34.0. The lowest BCUT2D eigenvalue weighted by molar-refractivity contribution is 0.414. The van der Waals surface area contributed by atoms with Gasteiger partial charge in [-0.1, -0.05) is 0 Å². The largest absolute Gasteiger partial charge is 0.497 e. The number of fused-ring (bicyclic) bond motifs is 1. The van der Waals surface area contributed by atoms with Crippen molar-refractivity contribution in [3.8, 4) is 5.75 Å². The number of aromatic nitrogens is 2. The lowest BCUT2D eigenvalue weighted by atomic mass is 10.2. The summed E-state index contributed by atoms with van der Waals surface area (Å²) in [6, 6.07) is 9.97. The molecular formula is C15H13I2N3O3S. The third-order valence-electron chi connectivity index (χ3n) is 3.65. The van der Waals surface area contributed by atoms with Crippen molar-refractivity contribution in [1.82, 2.24) is 10.2 Å². The molecule has 1 heterocycles. The predicted molar refractivity (Wildman–Crippen MR) is 110 cm³/mol. The molecule has 0 radical (unpaired) electrons. The first kappa shape index (κ1) is 17.7. The molecule has 9 heteroatoms. The van der Waals surface area contributed by atoms with E-state index in [0.717, 1.165) is 12.7 Å². The molecule has 2 aromatic carbocycles. The van der Waals surface area contributed by atoms with Gasteiger partial charge in [0.15, 0.2) is 0 Å². The Morgan fingerprint density at radius 3 is 2.42 bits per heavy atom. The van der Waals surface area contributed by atoms with E-state index in [1.54, 1.807) is 18.2 Å². The molecule has 3 rings (SSSR count). The van der Waals surface area contributed by atoms with Crippen LogP contribution in [0, 0.1) is 7.27 Å². The molecular weight excluding hydrogens is 556 g/mol. The van der Waals surface area contributed by atoms with Gasteiger partial charge < -0.3 is 4.74 Å². The van der Waals surface area contributed by atoms with Gasteiger partial charge in [-0.05, 0) is 81.6 Å². The first-order valence-electron chi connectivity index (χ1n) is 6.81. The Labute approximate surface area is 166 Å². The van der Waals surface area contributed by atoms with E-state index < -0.39 is 10.0 Å². The Hall–Kier alpha value is -1.08. The van der Waals surface area contributed by atoms with Gasteiger partial charge in [-0.15, -0.1) is 0 Å². The average molecular weight is 569 g/mol. The van der Waals surface area contributed by atoms with Crippen LogP contribution in [0.1, 0.15) is 0 Å². The van der Waals surface area contributed by atoms with Crippen LogP contribution in [0.4, 0.5) is 5.69 Å². The Morgan fingerprint density at radius 1 is 1.12 bits per heavy atom. The van der Waals surface area contributed by atoms with Crippen LogP contribution in [0.15, 0.2) is 41.3 Å². The van der Waals surface area contributed by atoms with Gasteiger partial charge in [-0.3, -0.25) is 9.40 Å². The number of aromatic amines is 1. The fourth-order valence-electron chi connectivity index (χ4n) is 2.33. The van der Waals surface area contributed by atoms with Crippen LogP contribution in [0.2, 0.25) is 0 Å². The molecule has 3 aromatic rings. The molecule has 126 valence electrons. The number of sulfonamides is 1. The topological polar surface area (TPSA) is 75.3 Å². The molecule has 0 unspecified atom stereocenters. The van der Waals surface area contributed by atoms with Crippen molar-refractivity contribution in [1.29, 1.82) is 0 Å². The Morgan fingerprint density at radius 2 is 1.79 bits per heavy atom. The maximum atomic E-state index is 12.9. The van der Waals surface area contributed by atoms with Crippen LogP contribution in [0.25, 0.3) is 10.9 Å². The second-order valence-corrected chi connectivity index (χ2v) is 9.19. The lowest BCUT2D eigenvalue weighted by Crippen LogP contribution is -2.26. The van der Waals surface area contributed by atoms with Crippen molar-refractivity contribution in [2.75, 3.05) is 18.5 Å². The minimum atomic E-state index is -3.69. The number of nitrogens with one attached hydrogen (secondary N) is 1. The van der Waals surface area contributed by atoms with Gasteiger partial charge in [-0.2, -0.15) is 5.10 Å². The number of methoxy groups -OCH3 is 1. The predicted octanol–water partition coefficient (Wildman–Crippen LogP) is 3.61. The molecule has 0 amide bonds. The summed E-state index contributed by atoms with van der Waals surface area (Å²) in [5.74, 6) is 0.607. The van der Waals surface area contributed by atoms with Gasteiger partial charge >= 0.3 is 0 Å². The lowest BCUT2D eigenvalue weighted by Gasteiger charge is -2.20. The second kappa shape index (κ2) is 6.67. The third-order valence-corrected chi connectivity index (χ3v) is 7.11. The molecule has 0 fully saturated rings. The van der Waals surface area contributed by atoms with Crippen LogP contribution in [0.5, 0.6) is 5.75 Å². The molecule has 1 N–H and O–H groups in total. The molecule has 1 aromatic heterocycles. The highest BCUT2D eigenvalue weighted by Crippen LogP contribution is 2.33. The fourth-order valence-corrected chi connectivity index (χ4v) is 5.42. The first-order valence-corrected chi connectivity index (χ1v) is 10.4. The molecule has 0 bridgehead atoms. The summed E-state index contributed by atoms with van der Waals surface area (Å²) in [7, 11) is -0.624. The van der Waals surface area contributed by atoms with E-state index >= 15 is 0 Å². The van der Waals surface area contributed by atoms with Gasteiger partial charge in [0.05, 0.1) is 17.7 Å². The second-order valence-electron chi connectivity index (χ2n) is 4.98. The molecule has 0 aliphatic rings. The summed E-state index contributed by atoms with van der Waals surface area (Å²) in [4.78, 5) is 0.197. The minimum absolute atomic E-state index is 0.197. The van der Waals surface area contributed by atoms with Crippen LogP contribution in [-0.4, -0.2) is 32.8 Å². The first-order chi connectivity index (χ1) is 11.4. The van der Waals surface area contributed by atoms with Crippen LogP contribution >= 0.6 is 45.2 Å². The monoisotopic (exact) mass is 569 g/mol. The SMILES string of the molecule is COc1ccc(S(=O)(=O)N(C)c2ccc(I)c3c(I)[nH]nc23)cc1. The molecule has 0 spiro atoms. The highest BCUT2D eigenvalue weighted by molar-refractivity contribution is 14.1. The number of hydrogen-bond acceptors (Lipinski definition) is 4. The van der Waals surface area contributed by atoms with Gasteiger partial charge in [0.2, 0.25) is 0 Å². The number of hydrogen-bond donors (Lipinski definition) is 1. The van der Waals surface area contributed by atoms with Crippen molar-refractivity contribution < 1.29 is 13.2 Å². The van der Waals surface area contributed by atoms with Gasteiger partial charge in [0, 0.05) is 16.0 Å². The Bertz CT molecular complexity index is 1000. The van der Waals surface area contributed by atoms with Crippen molar-refractivity contribution >= 4 is 71.8 Å². The summed E-state index contributed by atoms with van der Waals surface area (Å²) in [5.41, 5.74) is 1.16. The number of benzene rings is 2. The number of nitrogens with zero attached hydrogens (tertiary/aromatic N) is 2. The zero-order chi connectivity index (χ0) is 17.5. The van der Waals surface area contributed by atoms with E-state index in [1.807, 2.05) is 6.07 Å². The Kier molecular flexibility index (Phi) is 4.93. The van der Waals surface area contributed by atoms with Crippen LogP contribution < -0.4 is 9.04 Å². The van der Waals surface area contributed by atoms with Crippen molar-refractivity contribution in [3.63, 3.8) is 0 Å². The highest BCUT2D eigenvalue weighted by atomic mass is 127. The minimum Gasteiger partial charge on any atom is -0.497 e. The van der Waals surface area contributed by atoms with E-state index in [2.05, 4.69) is 55.4 Å². The van der Waals surface area contributed by atoms with E-state index in [9.17, 15) is 8.42 Å².